The Morgan fingerprint density at radius 2 is 2.15 bits per heavy atom. The van der Waals surface area contributed by atoms with Crippen LogP contribution in [0.5, 0.6) is 0 Å². The highest BCUT2D eigenvalue weighted by Crippen LogP contribution is 2.28. The maximum atomic E-state index is 12.6. The standard InChI is InChI=1S/C12H16ClN3O3S/c1-8-2-3-9(12(14)17)7-16(8)20(18,19)10-4-5-11(13)15-6-10/h4-6,8-9H,2-3,7H2,1H3,(H2,14,17). The molecule has 1 aromatic heterocycles. The van der Waals surface area contributed by atoms with E-state index in [-0.39, 0.29) is 22.6 Å². The third kappa shape index (κ3) is 2.94. The summed E-state index contributed by atoms with van der Waals surface area (Å²) in [5.41, 5.74) is 5.29. The number of hydrogen-bond donors (Lipinski definition) is 1. The zero-order chi connectivity index (χ0) is 14.9. The molecule has 0 radical (unpaired) electrons. The van der Waals surface area contributed by atoms with Gasteiger partial charge in [0.1, 0.15) is 10.0 Å². The van der Waals surface area contributed by atoms with E-state index in [4.69, 9.17) is 17.3 Å². The number of amides is 1. The molecule has 1 aliphatic heterocycles. The molecular weight excluding hydrogens is 302 g/mol. The van der Waals surface area contributed by atoms with Crippen molar-refractivity contribution in [3.05, 3.63) is 23.5 Å². The Labute approximate surface area is 123 Å². The molecule has 2 rings (SSSR count). The molecule has 1 amide bonds. The number of hydrogen-bond acceptors (Lipinski definition) is 4. The fourth-order valence-electron chi connectivity index (χ4n) is 2.29. The van der Waals surface area contributed by atoms with Crippen molar-refractivity contribution in [1.82, 2.24) is 9.29 Å². The van der Waals surface area contributed by atoms with Gasteiger partial charge in [-0.05, 0) is 31.9 Å². The third-order valence-electron chi connectivity index (χ3n) is 3.53. The molecule has 2 heterocycles. The normalized spacial score (nSPS) is 24.5. The fraction of sp³-hybridized carbons (Fsp3) is 0.500. The van der Waals surface area contributed by atoms with Gasteiger partial charge in [0, 0.05) is 18.8 Å². The highest BCUT2D eigenvalue weighted by Gasteiger charge is 2.36. The summed E-state index contributed by atoms with van der Waals surface area (Å²) in [5, 5.41) is 0.227. The number of carbonyl (C=O) groups is 1. The van der Waals surface area contributed by atoms with Crippen molar-refractivity contribution < 1.29 is 13.2 Å². The van der Waals surface area contributed by atoms with E-state index in [2.05, 4.69) is 4.98 Å². The molecule has 2 N–H and O–H groups in total. The van der Waals surface area contributed by atoms with Gasteiger partial charge in [-0.1, -0.05) is 11.6 Å². The molecule has 0 spiro atoms. The molecule has 20 heavy (non-hydrogen) atoms. The molecule has 1 fully saturated rings. The molecule has 1 aliphatic rings. The van der Waals surface area contributed by atoms with E-state index in [0.29, 0.717) is 12.8 Å². The number of halogens is 1. The Bertz CT molecular complexity index is 603. The van der Waals surface area contributed by atoms with Gasteiger partial charge in [0.15, 0.2) is 0 Å². The van der Waals surface area contributed by atoms with Gasteiger partial charge in [-0.15, -0.1) is 0 Å². The second-order valence-electron chi connectivity index (χ2n) is 4.92. The molecule has 0 bridgehead atoms. The Morgan fingerprint density at radius 1 is 1.45 bits per heavy atom. The Kier molecular flexibility index (Phi) is 4.31. The summed E-state index contributed by atoms with van der Waals surface area (Å²) in [5.74, 6) is -0.910. The van der Waals surface area contributed by atoms with Crippen molar-refractivity contribution in [2.24, 2.45) is 11.7 Å². The highest BCUT2D eigenvalue weighted by molar-refractivity contribution is 7.89. The Hall–Kier alpha value is -1.18. The molecule has 1 aromatic rings. The van der Waals surface area contributed by atoms with Crippen LogP contribution >= 0.6 is 11.6 Å². The van der Waals surface area contributed by atoms with E-state index < -0.39 is 21.8 Å². The lowest BCUT2D eigenvalue weighted by Gasteiger charge is -2.35. The van der Waals surface area contributed by atoms with E-state index >= 15 is 0 Å². The van der Waals surface area contributed by atoms with E-state index in [1.807, 2.05) is 6.92 Å². The summed E-state index contributed by atoms with van der Waals surface area (Å²) >= 11 is 5.66. The number of aromatic nitrogens is 1. The van der Waals surface area contributed by atoms with Crippen LogP contribution in [-0.4, -0.2) is 36.2 Å². The minimum atomic E-state index is -3.69. The smallest absolute Gasteiger partial charge is 0.244 e. The summed E-state index contributed by atoms with van der Waals surface area (Å²) in [6.07, 6.45) is 2.44. The lowest BCUT2D eigenvalue weighted by Crippen LogP contribution is -2.48. The van der Waals surface area contributed by atoms with E-state index in [1.165, 1.54) is 22.6 Å². The monoisotopic (exact) mass is 317 g/mol. The average molecular weight is 318 g/mol. The lowest BCUT2D eigenvalue weighted by molar-refractivity contribution is -0.123. The van der Waals surface area contributed by atoms with Crippen LogP contribution in [0.4, 0.5) is 0 Å². The first-order valence-electron chi connectivity index (χ1n) is 6.25. The van der Waals surface area contributed by atoms with E-state index in [9.17, 15) is 13.2 Å². The molecular formula is C12H16ClN3O3S. The topological polar surface area (TPSA) is 93.4 Å². The first kappa shape index (κ1) is 15.2. The number of nitrogens with two attached hydrogens (primary N) is 1. The maximum absolute atomic E-state index is 12.6. The zero-order valence-corrected chi connectivity index (χ0v) is 12.6. The maximum Gasteiger partial charge on any atom is 0.244 e. The van der Waals surface area contributed by atoms with Crippen LogP contribution in [0.3, 0.4) is 0 Å². The summed E-state index contributed by atoms with van der Waals surface area (Å²) in [7, 11) is -3.69. The van der Waals surface area contributed by atoms with Crippen molar-refractivity contribution in [1.29, 1.82) is 0 Å². The Morgan fingerprint density at radius 3 is 2.70 bits per heavy atom. The van der Waals surface area contributed by atoms with Gasteiger partial charge in [0.25, 0.3) is 0 Å². The fourth-order valence-corrected chi connectivity index (χ4v) is 4.06. The summed E-state index contributed by atoms with van der Waals surface area (Å²) in [6.45, 7) is 1.93. The number of pyridine rings is 1. The first-order valence-corrected chi connectivity index (χ1v) is 8.07. The molecule has 110 valence electrons. The molecule has 2 unspecified atom stereocenters. The molecule has 0 aromatic carbocycles. The highest BCUT2D eigenvalue weighted by atomic mass is 35.5. The van der Waals surface area contributed by atoms with E-state index in [0.717, 1.165) is 0 Å². The van der Waals surface area contributed by atoms with Gasteiger partial charge in [0.05, 0.1) is 5.92 Å². The van der Waals surface area contributed by atoms with Gasteiger partial charge in [0.2, 0.25) is 15.9 Å². The first-order chi connectivity index (χ1) is 9.32. The van der Waals surface area contributed by atoms with Crippen LogP contribution in [0.1, 0.15) is 19.8 Å². The van der Waals surface area contributed by atoms with Crippen LogP contribution in [0.25, 0.3) is 0 Å². The average Bonchev–Trinajstić information content (AvgIpc) is 2.39. The number of sulfonamides is 1. The molecule has 0 aliphatic carbocycles. The number of carbonyl (C=O) groups excluding carboxylic acids is 1. The zero-order valence-electron chi connectivity index (χ0n) is 11.0. The second kappa shape index (κ2) is 5.67. The van der Waals surface area contributed by atoms with Crippen LogP contribution in [0.2, 0.25) is 5.15 Å². The minimum Gasteiger partial charge on any atom is -0.369 e. The number of primary amides is 1. The van der Waals surface area contributed by atoms with Gasteiger partial charge in [-0.3, -0.25) is 4.79 Å². The van der Waals surface area contributed by atoms with Crippen molar-refractivity contribution in [2.45, 2.75) is 30.7 Å². The van der Waals surface area contributed by atoms with Crippen molar-refractivity contribution >= 4 is 27.5 Å². The summed E-state index contributed by atoms with van der Waals surface area (Å²) in [6, 6.07) is 2.66. The lowest BCUT2D eigenvalue weighted by atomic mass is 9.95. The predicted molar refractivity (Wildman–Crippen MR) is 74.5 cm³/mol. The predicted octanol–water partition coefficient (Wildman–Crippen LogP) is 1.01. The van der Waals surface area contributed by atoms with Gasteiger partial charge in [-0.25, -0.2) is 13.4 Å². The van der Waals surface area contributed by atoms with Gasteiger partial charge < -0.3 is 5.73 Å². The Balaban J connectivity index is 2.31. The molecule has 1 saturated heterocycles. The molecule has 6 nitrogen and oxygen atoms in total. The molecule has 0 saturated carbocycles. The van der Waals surface area contributed by atoms with E-state index in [1.54, 1.807) is 0 Å². The third-order valence-corrected chi connectivity index (χ3v) is 5.72. The van der Waals surface area contributed by atoms with Crippen molar-refractivity contribution in [3.8, 4) is 0 Å². The van der Waals surface area contributed by atoms with Crippen molar-refractivity contribution in [3.63, 3.8) is 0 Å². The number of nitrogens with zero attached hydrogens (tertiary/aromatic N) is 2. The number of rotatable bonds is 3. The van der Waals surface area contributed by atoms with Crippen LogP contribution < -0.4 is 5.73 Å². The van der Waals surface area contributed by atoms with Gasteiger partial charge >= 0.3 is 0 Å². The minimum absolute atomic E-state index is 0.0684. The molecule has 8 heteroatoms. The van der Waals surface area contributed by atoms with Crippen molar-refractivity contribution in [2.75, 3.05) is 6.54 Å². The largest absolute Gasteiger partial charge is 0.369 e. The molecule has 2 atom stereocenters. The van der Waals surface area contributed by atoms with Gasteiger partial charge in [-0.2, -0.15) is 4.31 Å². The second-order valence-corrected chi connectivity index (χ2v) is 7.19. The number of piperidine rings is 1. The SMILES string of the molecule is CC1CCC(C(N)=O)CN1S(=O)(=O)c1ccc(Cl)nc1. The summed E-state index contributed by atoms with van der Waals surface area (Å²) < 4.78 is 26.5. The van der Waals surface area contributed by atoms with Crippen LogP contribution in [0, 0.1) is 5.92 Å². The van der Waals surface area contributed by atoms with Crippen LogP contribution in [0.15, 0.2) is 23.2 Å². The van der Waals surface area contributed by atoms with Crippen LogP contribution in [-0.2, 0) is 14.8 Å². The summed E-state index contributed by atoms with van der Waals surface area (Å²) in [4.78, 5) is 15.1. The quantitative estimate of drug-likeness (QED) is 0.842.